The highest BCUT2D eigenvalue weighted by Crippen LogP contribution is 2.22. The summed E-state index contributed by atoms with van der Waals surface area (Å²) < 4.78 is 5.69. The lowest BCUT2D eigenvalue weighted by Gasteiger charge is -2.10. The van der Waals surface area contributed by atoms with Crippen molar-refractivity contribution in [2.45, 2.75) is 13.3 Å². The summed E-state index contributed by atoms with van der Waals surface area (Å²) in [7, 11) is 0. The van der Waals surface area contributed by atoms with Crippen LogP contribution in [0.3, 0.4) is 0 Å². The molecule has 0 fully saturated rings. The predicted molar refractivity (Wildman–Crippen MR) is 108 cm³/mol. The molecule has 1 heterocycles. The molecule has 6 nitrogen and oxygen atoms in total. The minimum atomic E-state index is -0.278. The lowest BCUT2D eigenvalue weighted by atomic mass is 10.1. The molecule has 0 saturated heterocycles. The zero-order chi connectivity index (χ0) is 19.9. The first-order valence-electron chi connectivity index (χ1n) is 8.88. The fraction of sp³-hybridized carbons (Fsp3) is 0.136. The monoisotopic (exact) mass is 375 g/mol. The molecule has 0 aliphatic heterocycles. The van der Waals surface area contributed by atoms with Crippen LogP contribution in [-0.4, -0.2) is 23.3 Å². The van der Waals surface area contributed by atoms with Gasteiger partial charge in [0.2, 0.25) is 11.8 Å². The van der Waals surface area contributed by atoms with E-state index in [1.54, 1.807) is 37.3 Å². The number of para-hydroxylation sites is 1. The Kier molecular flexibility index (Phi) is 6.01. The largest absolute Gasteiger partial charge is 0.441 e. The molecule has 2 N–H and O–H groups in total. The van der Waals surface area contributed by atoms with Crippen molar-refractivity contribution >= 4 is 17.5 Å². The fourth-order valence-corrected chi connectivity index (χ4v) is 2.69. The third kappa shape index (κ3) is 4.54. The molecular weight excluding hydrogens is 354 g/mol. The van der Waals surface area contributed by atoms with Crippen molar-refractivity contribution < 1.29 is 14.0 Å². The normalized spacial score (nSPS) is 10.3. The number of hydrogen-bond acceptors (Lipinski definition) is 4. The van der Waals surface area contributed by atoms with Crippen LogP contribution in [0.2, 0.25) is 0 Å². The first-order valence-corrected chi connectivity index (χ1v) is 8.88. The van der Waals surface area contributed by atoms with Crippen LogP contribution < -0.4 is 10.6 Å². The average molecular weight is 375 g/mol. The molecule has 1 aromatic heterocycles. The number of aromatic nitrogens is 1. The van der Waals surface area contributed by atoms with Gasteiger partial charge < -0.3 is 15.1 Å². The maximum atomic E-state index is 12.5. The smallest absolute Gasteiger partial charge is 0.253 e. The molecule has 28 heavy (non-hydrogen) atoms. The van der Waals surface area contributed by atoms with E-state index in [1.807, 2.05) is 30.3 Å². The zero-order valence-corrected chi connectivity index (χ0v) is 15.6. The van der Waals surface area contributed by atoms with Crippen LogP contribution in [0.5, 0.6) is 0 Å². The van der Waals surface area contributed by atoms with Gasteiger partial charge in [-0.1, -0.05) is 36.4 Å². The van der Waals surface area contributed by atoms with Crippen molar-refractivity contribution in [2.24, 2.45) is 0 Å². The quantitative estimate of drug-likeness (QED) is 0.616. The van der Waals surface area contributed by atoms with Gasteiger partial charge in [-0.2, -0.15) is 0 Å². The summed E-state index contributed by atoms with van der Waals surface area (Å²) in [4.78, 5) is 29.2. The topological polar surface area (TPSA) is 84.2 Å². The van der Waals surface area contributed by atoms with Crippen LogP contribution in [0, 0.1) is 6.92 Å². The van der Waals surface area contributed by atoms with Gasteiger partial charge in [-0.15, -0.1) is 6.58 Å². The number of benzene rings is 2. The van der Waals surface area contributed by atoms with Gasteiger partial charge in [0.05, 0.1) is 23.4 Å². The van der Waals surface area contributed by atoms with E-state index in [4.69, 9.17) is 4.42 Å². The van der Waals surface area contributed by atoms with Crippen molar-refractivity contribution in [1.82, 2.24) is 10.3 Å². The number of carbonyl (C=O) groups is 2. The molecule has 0 aliphatic rings. The van der Waals surface area contributed by atoms with Gasteiger partial charge in [0.1, 0.15) is 5.76 Å². The highest BCUT2D eigenvalue weighted by atomic mass is 16.4. The molecule has 3 rings (SSSR count). The van der Waals surface area contributed by atoms with E-state index in [0.29, 0.717) is 35.1 Å². The van der Waals surface area contributed by atoms with Gasteiger partial charge in [-0.25, -0.2) is 4.98 Å². The van der Waals surface area contributed by atoms with Crippen LogP contribution in [-0.2, 0) is 11.2 Å². The van der Waals surface area contributed by atoms with E-state index in [1.165, 1.54) is 0 Å². The van der Waals surface area contributed by atoms with E-state index >= 15 is 0 Å². The van der Waals surface area contributed by atoms with Crippen molar-refractivity contribution in [1.29, 1.82) is 0 Å². The summed E-state index contributed by atoms with van der Waals surface area (Å²) >= 11 is 0. The first-order chi connectivity index (χ1) is 13.6. The van der Waals surface area contributed by atoms with Crippen LogP contribution in [0.4, 0.5) is 5.69 Å². The van der Waals surface area contributed by atoms with Gasteiger partial charge in [-0.3, -0.25) is 9.59 Å². The summed E-state index contributed by atoms with van der Waals surface area (Å²) in [5, 5.41) is 5.49. The molecule has 3 aromatic rings. The molecule has 0 aliphatic carbocycles. The highest BCUT2D eigenvalue weighted by molar-refractivity contribution is 6.04. The van der Waals surface area contributed by atoms with Gasteiger partial charge in [0, 0.05) is 12.1 Å². The summed E-state index contributed by atoms with van der Waals surface area (Å²) in [5.74, 6) is 0.510. The number of rotatable bonds is 7. The SMILES string of the molecule is C=CCNC(=O)c1ccccc1NC(=O)Cc1nc(-c2ccccc2)oc1C. The van der Waals surface area contributed by atoms with E-state index in [2.05, 4.69) is 22.2 Å². The van der Waals surface area contributed by atoms with Gasteiger partial charge in [0.25, 0.3) is 5.91 Å². The van der Waals surface area contributed by atoms with Crippen molar-refractivity contribution in [2.75, 3.05) is 11.9 Å². The number of nitrogens with zero attached hydrogens (tertiary/aromatic N) is 1. The lowest BCUT2D eigenvalue weighted by molar-refractivity contribution is -0.115. The lowest BCUT2D eigenvalue weighted by Crippen LogP contribution is -2.25. The van der Waals surface area contributed by atoms with Crippen molar-refractivity contribution in [3.63, 3.8) is 0 Å². The second-order valence-corrected chi connectivity index (χ2v) is 6.16. The Bertz CT molecular complexity index is 993. The Morgan fingerprint density at radius 3 is 2.57 bits per heavy atom. The predicted octanol–water partition coefficient (Wildman–Crippen LogP) is 3.75. The van der Waals surface area contributed by atoms with Crippen LogP contribution in [0.1, 0.15) is 21.8 Å². The number of amides is 2. The summed E-state index contributed by atoms with van der Waals surface area (Å²) in [6, 6.07) is 16.3. The summed E-state index contributed by atoms with van der Waals surface area (Å²) in [5.41, 5.74) is 2.24. The molecule has 142 valence electrons. The Labute approximate surface area is 163 Å². The Morgan fingerprint density at radius 2 is 1.82 bits per heavy atom. The van der Waals surface area contributed by atoms with Crippen LogP contribution >= 0.6 is 0 Å². The van der Waals surface area contributed by atoms with Gasteiger partial charge >= 0.3 is 0 Å². The minimum absolute atomic E-state index is 0.0464. The average Bonchev–Trinajstić information content (AvgIpc) is 3.07. The molecule has 0 spiro atoms. The zero-order valence-electron chi connectivity index (χ0n) is 15.6. The molecule has 0 atom stereocenters. The number of hydrogen-bond donors (Lipinski definition) is 2. The standard InChI is InChI=1S/C22H21N3O3/c1-3-13-23-21(27)17-11-7-8-12-18(17)24-20(26)14-19-15(2)28-22(25-19)16-9-5-4-6-10-16/h3-12H,1,13-14H2,2H3,(H,23,27)(H,24,26). The molecule has 0 radical (unpaired) electrons. The number of nitrogens with one attached hydrogen (secondary N) is 2. The second-order valence-electron chi connectivity index (χ2n) is 6.16. The third-order valence-electron chi connectivity index (χ3n) is 4.09. The molecule has 0 unspecified atom stereocenters. The van der Waals surface area contributed by atoms with Crippen molar-refractivity contribution in [3.8, 4) is 11.5 Å². The molecule has 0 bridgehead atoms. The number of oxazole rings is 1. The second kappa shape index (κ2) is 8.81. The molecule has 2 amide bonds. The first kappa shape index (κ1) is 19.1. The summed E-state index contributed by atoms with van der Waals surface area (Å²) in [6.45, 7) is 5.70. The van der Waals surface area contributed by atoms with Crippen LogP contribution in [0.15, 0.2) is 71.7 Å². The molecule has 6 heteroatoms. The van der Waals surface area contributed by atoms with Gasteiger partial charge in [0.15, 0.2) is 0 Å². The van der Waals surface area contributed by atoms with E-state index in [0.717, 1.165) is 5.56 Å². The Hall–Kier alpha value is -3.67. The van der Waals surface area contributed by atoms with E-state index in [-0.39, 0.29) is 18.2 Å². The fourth-order valence-electron chi connectivity index (χ4n) is 2.69. The maximum Gasteiger partial charge on any atom is 0.253 e. The van der Waals surface area contributed by atoms with Crippen LogP contribution in [0.25, 0.3) is 11.5 Å². The summed E-state index contributed by atoms with van der Waals surface area (Å²) in [6.07, 6.45) is 1.64. The van der Waals surface area contributed by atoms with Crippen molar-refractivity contribution in [3.05, 3.63) is 84.3 Å². The highest BCUT2D eigenvalue weighted by Gasteiger charge is 2.17. The Balaban J connectivity index is 1.73. The maximum absolute atomic E-state index is 12.5. The molecular formula is C22H21N3O3. The third-order valence-corrected chi connectivity index (χ3v) is 4.09. The number of aryl methyl sites for hydroxylation is 1. The minimum Gasteiger partial charge on any atom is -0.441 e. The van der Waals surface area contributed by atoms with E-state index < -0.39 is 0 Å². The molecule has 2 aromatic carbocycles. The number of anilines is 1. The molecule has 0 saturated carbocycles. The number of carbonyl (C=O) groups excluding carboxylic acids is 2. The van der Waals surface area contributed by atoms with E-state index in [9.17, 15) is 9.59 Å². The van der Waals surface area contributed by atoms with Gasteiger partial charge in [-0.05, 0) is 31.2 Å². The Morgan fingerprint density at radius 1 is 1.11 bits per heavy atom.